The fraction of sp³-hybridized carbons (Fsp3) is 0.571. The maximum absolute atomic E-state index is 12.3. The first-order valence-corrected chi connectivity index (χ1v) is 7.69. The molecule has 1 atom stereocenters. The summed E-state index contributed by atoms with van der Waals surface area (Å²) in [6, 6.07) is 1.81. The SMILES string of the molecule is CN(C)c1ncc(Br)cc1C(=O)NCCC1CCNC1.Cl.Cl. The minimum absolute atomic E-state index is 0. The molecule has 126 valence electrons. The number of halogens is 3. The first-order valence-electron chi connectivity index (χ1n) is 6.89. The number of anilines is 1. The van der Waals surface area contributed by atoms with E-state index in [0.717, 1.165) is 24.0 Å². The lowest BCUT2D eigenvalue weighted by atomic mass is 10.1. The molecule has 0 aromatic carbocycles. The zero-order chi connectivity index (χ0) is 14.5. The smallest absolute Gasteiger partial charge is 0.255 e. The van der Waals surface area contributed by atoms with Crippen LogP contribution >= 0.6 is 40.7 Å². The zero-order valence-corrected chi connectivity index (χ0v) is 16.0. The summed E-state index contributed by atoms with van der Waals surface area (Å²) in [6.45, 7) is 2.88. The first kappa shape index (κ1) is 21.4. The second-order valence-corrected chi connectivity index (χ2v) is 6.24. The lowest BCUT2D eigenvalue weighted by molar-refractivity contribution is 0.0952. The van der Waals surface area contributed by atoms with Crippen LogP contribution in [0.15, 0.2) is 16.7 Å². The standard InChI is InChI=1S/C14H21BrN4O.2ClH/c1-19(2)13-12(7-11(15)9-18-13)14(20)17-6-4-10-3-5-16-8-10;;/h7,9-10,16H,3-6,8H2,1-2H3,(H,17,20);2*1H. The Kier molecular flexibility index (Phi) is 10.00. The second kappa shape index (κ2) is 10.3. The van der Waals surface area contributed by atoms with Crippen molar-refractivity contribution in [2.45, 2.75) is 12.8 Å². The van der Waals surface area contributed by atoms with Crippen LogP contribution < -0.4 is 15.5 Å². The summed E-state index contributed by atoms with van der Waals surface area (Å²) >= 11 is 3.37. The van der Waals surface area contributed by atoms with E-state index in [4.69, 9.17) is 0 Å². The summed E-state index contributed by atoms with van der Waals surface area (Å²) in [7, 11) is 3.77. The number of amides is 1. The maximum Gasteiger partial charge on any atom is 0.255 e. The van der Waals surface area contributed by atoms with Crippen molar-refractivity contribution in [2.75, 3.05) is 38.6 Å². The van der Waals surface area contributed by atoms with Gasteiger partial charge in [0.1, 0.15) is 5.82 Å². The molecule has 22 heavy (non-hydrogen) atoms. The Morgan fingerprint density at radius 3 is 2.82 bits per heavy atom. The molecule has 2 heterocycles. The highest BCUT2D eigenvalue weighted by atomic mass is 79.9. The highest BCUT2D eigenvalue weighted by Crippen LogP contribution is 2.20. The molecule has 1 aromatic rings. The second-order valence-electron chi connectivity index (χ2n) is 5.32. The monoisotopic (exact) mass is 412 g/mol. The van der Waals surface area contributed by atoms with Gasteiger partial charge in [0.05, 0.1) is 5.56 Å². The van der Waals surface area contributed by atoms with Gasteiger partial charge in [-0.3, -0.25) is 4.79 Å². The molecule has 8 heteroatoms. The van der Waals surface area contributed by atoms with Gasteiger partial charge in [0.15, 0.2) is 0 Å². The van der Waals surface area contributed by atoms with Gasteiger partial charge in [0.2, 0.25) is 0 Å². The molecule has 1 aromatic heterocycles. The van der Waals surface area contributed by atoms with E-state index in [9.17, 15) is 4.79 Å². The third-order valence-corrected chi connectivity index (χ3v) is 3.94. The van der Waals surface area contributed by atoms with E-state index >= 15 is 0 Å². The minimum atomic E-state index is -0.0616. The highest BCUT2D eigenvalue weighted by Gasteiger charge is 2.17. The molecule has 1 fully saturated rings. The van der Waals surface area contributed by atoms with E-state index < -0.39 is 0 Å². The number of carbonyl (C=O) groups is 1. The molecule has 0 spiro atoms. The van der Waals surface area contributed by atoms with Crippen molar-refractivity contribution in [3.8, 4) is 0 Å². The number of hydrogen-bond donors (Lipinski definition) is 2. The zero-order valence-electron chi connectivity index (χ0n) is 12.8. The molecule has 0 bridgehead atoms. The van der Waals surface area contributed by atoms with E-state index in [2.05, 4.69) is 31.5 Å². The van der Waals surface area contributed by atoms with E-state index in [1.807, 2.05) is 25.1 Å². The third-order valence-electron chi connectivity index (χ3n) is 3.50. The van der Waals surface area contributed by atoms with Gasteiger partial charge in [-0.1, -0.05) is 0 Å². The molecule has 1 unspecified atom stereocenters. The van der Waals surface area contributed by atoms with Crippen molar-refractivity contribution in [2.24, 2.45) is 5.92 Å². The average Bonchev–Trinajstić information content (AvgIpc) is 2.91. The molecular formula is C14H23BrCl2N4O. The molecule has 2 N–H and O–H groups in total. The fourth-order valence-electron chi connectivity index (χ4n) is 2.40. The highest BCUT2D eigenvalue weighted by molar-refractivity contribution is 9.10. The van der Waals surface area contributed by atoms with Crippen molar-refractivity contribution < 1.29 is 4.79 Å². The summed E-state index contributed by atoms with van der Waals surface area (Å²) in [6.07, 6.45) is 3.94. The van der Waals surface area contributed by atoms with Crippen LogP contribution in [0.1, 0.15) is 23.2 Å². The lowest BCUT2D eigenvalue weighted by Gasteiger charge is -2.16. The van der Waals surface area contributed by atoms with Gasteiger partial charge >= 0.3 is 0 Å². The molecule has 1 saturated heterocycles. The van der Waals surface area contributed by atoms with Crippen LogP contribution in [-0.2, 0) is 0 Å². The van der Waals surface area contributed by atoms with Crippen molar-refractivity contribution in [3.05, 3.63) is 22.3 Å². The molecule has 0 saturated carbocycles. The molecule has 1 aliphatic rings. The Bertz CT molecular complexity index is 482. The Morgan fingerprint density at radius 2 is 2.23 bits per heavy atom. The summed E-state index contributed by atoms with van der Waals surface area (Å²) in [5, 5.41) is 6.33. The number of nitrogens with zero attached hydrogens (tertiary/aromatic N) is 2. The quantitative estimate of drug-likeness (QED) is 0.778. The van der Waals surface area contributed by atoms with Gasteiger partial charge in [-0.15, -0.1) is 24.8 Å². The Labute approximate surface area is 152 Å². The van der Waals surface area contributed by atoms with Gasteiger partial charge in [0.25, 0.3) is 5.91 Å². The number of pyridine rings is 1. The molecule has 0 aliphatic carbocycles. The van der Waals surface area contributed by atoms with Gasteiger partial charge in [-0.25, -0.2) is 4.98 Å². The van der Waals surface area contributed by atoms with Crippen LogP contribution in [-0.4, -0.2) is 44.6 Å². The van der Waals surface area contributed by atoms with Crippen LogP contribution in [0.3, 0.4) is 0 Å². The third kappa shape index (κ3) is 5.91. The number of nitrogens with one attached hydrogen (secondary N) is 2. The number of aromatic nitrogens is 1. The van der Waals surface area contributed by atoms with Crippen LogP contribution in [0.2, 0.25) is 0 Å². The fourth-order valence-corrected chi connectivity index (χ4v) is 2.73. The topological polar surface area (TPSA) is 57.3 Å². The lowest BCUT2D eigenvalue weighted by Crippen LogP contribution is -2.28. The Morgan fingerprint density at radius 1 is 1.50 bits per heavy atom. The van der Waals surface area contributed by atoms with Crippen LogP contribution in [0.25, 0.3) is 0 Å². The number of carbonyl (C=O) groups excluding carboxylic acids is 1. The van der Waals surface area contributed by atoms with E-state index in [1.54, 1.807) is 6.20 Å². The normalized spacial score (nSPS) is 16.4. The largest absolute Gasteiger partial charge is 0.362 e. The van der Waals surface area contributed by atoms with Crippen LogP contribution in [0, 0.1) is 5.92 Å². The summed E-state index contributed by atoms with van der Waals surface area (Å²) in [5.41, 5.74) is 0.605. The predicted molar refractivity (Wildman–Crippen MR) is 98.7 cm³/mol. The van der Waals surface area contributed by atoms with E-state index in [1.165, 1.54) is 6.42 Å². The van der Waals surface area contributed by atoms with E-state index in [0.29, 0.717) is 23.8 Å². The molecule has 1 amide bonds. The number of hydrogen-bond acceptors (Lipinski definition) is 4. The van der Waals surface area contributed by atoms with E-state index in [-0.39, 0.29) is 30.7 Å². The van der Waals surface area contributed by atoms with Gasteiger partial charge in [0, 0.05) is 31.3 Å². The summed E-state index contributed by atoms with van der Waals surface area (Å²) in [5.74, 6) is 1.31. The Balaban J connectivity index is 0.00000220. The van der Waals surface area contributed by atoms with Crippen molar-refractivity contribution in [3.63, 3.8) is 0 Å². The summed E-state index contributed by atoms with van der Waals surface area (Å²) < 4.78 is 0.813. The first-order chi connectivity index (χ1) is 9.58. The van der Waals surface area contributed by atoms with Crippen molar-refractivity contribution >= 4 is 52.5 Å². The molecular weight excluding hydrogens is 391 g/mol. The maximum atomic E-state index is 12.3. The summed E-state index contributed by atoms with van der Waals surface area (Å²) in [4.78, 5) is 18.4. The van der Waals surface area contributed by atoms with Crippen molar-refractivity contribution in [1.29, 1.82) is 0 Å². The Hall–Kier alpha value is -0.560. The molecule has 1 aliphatic heterocycles. The van der Waals surface area contributed by atoms with Crippen LogP contribution in [0.4, 0.5) is 5.82 Å². The number of rotatable bonds is 5. The average molecular weight is 414 g/mol. The minimum Gasteiger partial charge on any atom is -0.362 e. The predicted octanol–water partition coefficient (Wildman–Crippen LogP) is 2.48. The van der Waals surface area contributed by atoms with Gasteiger partial charge in [-0.2, -0.15) is 0 Å². The molecule has 0 radical (unpaired) electrons. The van der Waals surface area contributed by atoms with Crippen molar-refractivity contribution in [1.82, 2.24) is 15.6 Å². The molecule has 2 rings (SSSR count). The van der Waals surface area contributed by atoms with Crippen LogP contribution in [0.5, 0.6) is 0 Å². The van der Waals surface area contributed by atoms with Gasteiger partial charge in [-0.05, 0) is 53.8 Å². The molecule has 5 nitrogen and oxygen atoms in total. The van der Waals surface area contributed by atoms with Gasteiger partial charge < -0.3 is 15.5 Å².